The smallest absolute Gasteiger partial charge is 0.0467 e. The van der Waals surface area contributed by atoms with Crippen molar-refractivity contribution in [1.29, 1.82) is 0 Å². The molecule has 8 fully saturated rings. The lowest BCUT2D eigenvalue weighted by atomic mass is 9.43. The van der Waals surface area contributed by atoms with Crippen LogP contribution in [0.5, 0.6) is 0 Å². The summed E-state index contributed by atoms with van der Waals surface area (Å²) in [4.78, 5) is 2.66. The number of hydrogen-bond donors (Lipinski definition) is 0. The fourth-order valence-electron chi connectivity index (χ4n) is 16.5. The lowest BCUT2D eigenvalue weighted by Gasteiger charge is -2.61. The number of anilines is 3. The zero-order valence-electron chi connectivity index (χ0n) is 32.9. The van der Waals surface area contributed by atoms with Gasteiger partial charge in [0.25, 0.3) is 0 Å². The molecular formula is C56H51N. The molecular weight excluding hydrogens is 687 g/mol. The summed E-state index contributed by atoms with van der Waals surface area (Å²) in [5, 5.41) is 0. The summed E-state index contributed by atoms with van der Waals surface area (Å²) in [6.45, 7) is 0. The minimum Gasteiger partial charge on any atom is -0.310 e. The van der Waals surface area contributed by atoms with E-state index in [4.69, 9.17) is 0 Å². The Bertz CT molecular complexity index is 2430. The van der Waals surface area contributed by atoms with Gasteiger partial charge in [-0.2, -0.15) is 0 Å². The standard InChI is InChI=1S/C56H51N/c1-2-9-38(10-3-1)39-11-8-12-44(31-39)57(45-17-19-49-47-13-4-6-15-51(47)55(53(49)32-45)40-23-34-21-35(25-40)26-41(55)24-34)46-18-20-50-48-14-5-7-16-52(48)56(54(50)33-46)42-27-36-22-37(29-42)30-43(56)28-36/h1-20,31-37,40-43H,21-30H2. The van der Waals surface area contributed by atoms with Gasteiger partial charge in [0.05, 0.1) is 0 Å². The van der Waals surface area contributed by atoms with Gasteiger partial charge in [0.1, 0.15) is 0 Å². The maximum Gasteiger partial charge on any atom is 0.0467 e. The fourth-order valence-corrected chi connectivity index (χ4v) is 16.5. The summed E-state index contributed by atoms with van der Waals surface area (Å²) < 4.78 is 0. The third-order valence-electron chi connectivity index (χ3n) is 17.8. The van der Waals surface area contributed by atoms with Crippen LogP contribution >= 0.6 is 0 Å². The van der Waals surface area contributed by atoms with E-state index in [9.17, 15) is 0 Å². The van der Waals surface area contributed by atoms with Crippen molar-refractivity contribution in [3.05, 3.63) is 162 Å². The van der Waals surface area contributed by atoms with Gasteiger partial charge in [0.2, 0.25) is 0 Å². The molecule has 0 unspecified atom stereocenters. The molecule has 8 bridgehead atoms. The first-order chi connectivity index (χ1) is 28.2. The number of benzene rings is 6. The summed E-state index contributed by atoms with van der Waals surface area (Å²) in [6.07, 6.45) is 14.2. The molecule has 6 aromatic carbocycles. The third-order valence-corrected chi connectivity index (χ3v) is 17.8. The Morgan fingerprint density at radius 1 is 0.316 bits per heavy atom. The van der Waals surface area contributed by atoms with Crippen molar-refractivity contribution in [2.75, 3.05) is 4.90 Å². The molecule has 0 aromatic heterocycles. The van der Waals surface area contributed by atoms with E-state index >= 15 is 0 Å². The first kappa shape index (κ1) is 32.1. The maximum atomic E-state index is 2.70. The molecule has 0 N–H and O–H groups in total. The molecule has 2 spiro atoms. The van der Waals surface area contributed by atoms with Gasteiger partial charge in [0.15, 0.2) is 0 Å². The minimum atomic E-state index is 0.136. The number of fused-ring (bicyclic) bond motifs is 6. The second kappa shape index (κ2) is 11.4. The van der Waals surface area contributed by atoms with E-state index in [1.807, 2.05) is 0 Å². The molecule has 0 atom stereocenters. The van der Waals surface area contributed by atoms with Gasteiger partial charge in [-0.1, -0.05) is 103 Å². The highest BCUT2D eigenvalue weighted by Crippen LogP contribution is 2.71. The average Bonchev–Trinajstić information content (AvgIpc) is 3.70. The van der Waals surface area contributed by atoms with E-state index in [0.717, 1.165) is 47.3 Å². The van der Waals surface area contributed by atoms with Gasteiger partial charge < -0.3 is 4.90 Å². The van der Waals surface area contributed by atoms with Crippen LogP contribution < -0.4 is 4.90 Å². The summed E-state index contributed by atoms with van der Waals surface area (Å²) >= 11 is 0. The van der Waals surface area contributed by atoms with Crippen LogP contribution in [0.25, 0.3) is 33.4 Å². The van der Waals surface area contributed by atoms with Crippen LogP contribution in [0, 0.1) is 47.3 Å². The zero-order valence-corrected chi connectivity index (χ0v) is 32.9. The molecule has 10 aliphatic rings. The van der Waals surface area contributed by atoms with E-state index in [1.54, 1.807) is 22.3 Å². The van der Waals surface area contributed by atoms with Gasteiger partial charge in [-0.25, -0.2) is 0 Å². The van der Waals surface area contributed by atoms with Crippen LogP contribution in [0.15, 0.2) is 140 Å². The Kier molecular flexibility index (Phi) is 6.43. The quantitative estimate of drug-likeness (QED) is 0.174. The van der Waals surface area contributed by atoms with E-state index in [2.05, 4.69) is 144 Å². The van der Waals surface area contributed by atoms with Crippen molar-refractivity contribution < 1.29 is 0 Å². The molecule has 0 aliphatic heterocycles. The largest absolute Gasteiger partial charge is 0.310 e. The average molecular weight is 738 g/mol. The van der Waals surface area contributed by atoms with E-state index < -0.39 is 0 Å². The topological polar surface area (TPSA) is 3.24 Å². The lowest BCUT2D eigenvalue weighted by Crippen LogP contribution is -2.55. The molecule has 1 heteroatoms. The van der Waals surface area contributed by atoms with Crippen LogP contribution in [0.3, 0.4) is 0 Å². The molecule has 57 heavy (non-hydrogen) atoms. The Hall–Kier alpha value is -4.88. The summed E-state index contributed by atoms with van der Waals surface area (Å²) in [6, 6.07) is 55.0. The normalized spacial score (nSPS) is 33.8. The van der Waals surface area contributed by atoms with Crippen molar-refractivity contribution in [3.8, 4) is 33.4 Å². The summed E-state index contributed by atoms with van der Waals surface area (Å²) in [5.41, 5.74) is 19.2. The molecule has 10 aliphatic carbocycles. The van der Waals surface area contributed by atoms with Crippen LogP contribution in [-0.4, -0.2) is 0 Å². The second-order valence-electron chi connectivity index (χ2n) is 20.1. The van der Waals surface area contributed by atoms with Crippen LogP contribution in [0.1, 0.15) is 86.5 Å². The Labute approximate surface area is 338 Å². The molecule has 280 valence electrons. The van der Waals surface area contributed by atoms with E-state index in [1.165, 1.54) is 115 Å². The second-order valence-corrected chi connectivity index (χ2v) is 20.1. The summed E-state index contributed by atoms with van der Waals surface area (Å²) in [5.74, 6) is 6.72. The number of hydrogen-bond acceptors (Lipinski definition) is 1. The van der Waals surface area contributed by atoms with Crippen molar-refractivity contribution in [2.45, 2.75) is 75.0 Å². The molecule has 6 aromatic rings. The molecule has 0 heterocycles. The fraction of sp³-hybridized carbons (Fsp3) is 0.357. The Morgan fingerprint density at radius 3 is 1.21 bits per heavy atom. The molecule has 0 amide bonds. The minimum absolute atomic E-state index is 0.136. The third kappa shape index (κ3) is 4.12. The van der Waals surface area contributed by atoms with E-state index in [0.29, 0.717) is 0 Å². The SMILES string of the molecule is c1ccc(-c2cccc(N(c3ccc4c(c3)C3(c5ccccc5-4)C4CC5CC(C4)CC3C5)c3ccc4c(c3)C3(c5ccccc5-4)C4CC5CC(C4)CC3C5)c2)cc1. The molecule has 0 saturated heterocycles. The highest BCUT2D eigenvalue weighted by Gasteiger charge is 2.63. The molecule has 0 radical (unpaired) electrons. The van der Waals surface area contributed by atoms with Crippen molar-refractivity contribution in [1.82, 2.24) is 0 Å². The number of nitrogens with zero attached hydrogens (tertiary/aromatic N) is 1. The van der Waals surface area contributed by atoms with Crippen molar-refractivity contribution in [2.24, 2.45) is 47.3 Å². The van der Waals surface area contributed by atoms with Crippen molar-refractivity contribution in [3.63, 3.8) is 0 Å². The summed E-state index contributed by atoms with van der Waals surface area (Å²) in [7, 11) is 0. The predicted octanol–water partition coefficient (Wildman–Crippen LogP) is 14.3. The van der Waals surface area contributed by atoms with Crippen molar-refractivity contribution >= 4 is 17.1 Å². The van der Waals surface area contributed by atoms with Crippen LogP contribution in [0.2, 0.25) is 0 Å². The molecule has 1 nitrogen and oxygen atoms in total. The van der Waals surface area contributed by atoms with Gasteiger partial charge in [0, 0.05) is 27.9 Å². The zero-order chi connectivity index (χ0) is 37.0. The first-order valence-electron chi connectivity index (χ1n) is 22.6. The maximum absolute atomic E-state index is 2.70. The lowest BCUT2D eigenvalue weighted by molar-refractivity contribution is -0.0399. The first-order valence-corrected chi connectivity index (χ1v) is 22.6. The highest BCUT2D eigenvalue weighted by atomic mass is 15.1. The Balaban J connectivity index is 0.989. The van der Waals surface area contributed by atoms with E-state index in [-0.39, 0.29) is 10.8 Å². The van der Waals surface area contributed by atoms with Gasteiger partial charge >= 0.3 is 0 Å². The van der Waals surface area contributed by atoms with Crippen LogP contribution in [-0.2, 0) is 10.8 Å². The molecule has 16 rings (SSSR count). The monoisotopic (exact) mass is 737 g/mol. The highest BCUT2D eigenvalue weighted by molar-refractivity contribution is 5.90. The van der Waals surface area contributed by atoms with Crippen LogP contribution in [0.4, 0.5) is 17.1 Å². The van der Waals surface area contributed by atoms with Gasteiger partial charge in [-0.3, -0.25) is 0 Å². The van der Waals surface area contributed by atoms with Gasteiger partial charge in [-0.05, 0) is 204 Å². The van der Waals surface area contributed by atoms with Gasteiger partial charge in [-0.15, -0.1) is 0 Å². The number of rotatable bonds is 4. The Morgan fingerprint density at radius 2 is 0.719 bits per heavy atom. The predicted molar refractivity (Wildman–Crippen MR) is 233 cm³/mol. The molecule has 8 saturated carbocycles.